The predicted molar refractivity (Wildman–Crippen MR) is 204 cm³/mol. The monoisotopic (exact) mass is 831 g/mol. The van der Waals surface area contributed by atoms with Crippen molar-refractivity contribution in [2.75, 3.05) is 14.2 Å². The molecule has 0 amide bonds. The number of benzene rings is 2. The average Bonchev–Trinajstić information content (AvgIpc) is 3.03. The molecule has 278 valence electrons. The Morgan fingerprint density at radius 3 is 1.12 bits per heavy atom. The van der Waals surface area contributed by atoms with Gasteiger partial charge in [-0.25, -0.2) is 0 Å². The number of carbonyl (C=O) groups excluding carboxylic acids is 1. The number of carbonyl (C=O) groups is 1. The molecule has 0 aliphatic carbocycles. The van der Waals surface area contributed by atoms with Gasteiger partial charge in [0.05, 0.1) is 19.1 Å². The molecule has 0 aromatic heterocycles. The van der Waals surface area contributed by atoms with Gasteiger partial charge in [0, 0.05) is 72.5 Å². The van der Waals surface area contributed by atoms with Crippen molar-refractivity contribution in [2.24, 2.45) is 0 Å². The normalized spacial score (nSPS) is 7.73. The van der Waals surface area contributed by atoms with Crippen molar-refractivity contribution in [1.29, 1.82) is 0 Å². The molecular weight excluding hydrogens is 757 g/mol. The summed E-state index contributed by atoms with van der Waals surface area (Å²) in [6.07, 6.45) is 5.19. The van der Waals surface area contributed by atoms with Gasteiger partial charge in [-0.15, -0.1) is 0 Å². The van der Waals surface area contributed by atoms with Crippen LogP contribution in [-0.2, 0) is 79.7 Å². The first kappa shape index (κ1) is 72.7. The van der Waals surface area contributed by atoms with Crippen molar-refractivity contribution in [3.05, 3.63) is 67.3 Å². The van der Waals surface area contributed by atoms with Crippen LogP contribution in [0.25, 0.3) is 0 Å². The fourth-order valence-electron chi connectivity index (χ4n) is 1.52. The van der Waals surface area contributed by atoms with Gasteiger partial charge in [-0.1, -0.05) is 88.5 Å². The second kappa shape index (κ2) is 71.9. The predicted octanol–water partition coefficient (Wildman–Crippen LogP) is 11.9. The maximum absolute atomic E-state index is 9.44. The third-order valence-electron chi connectivity index (χ3n) is 2.80. The number of ether oxygens (including phenoxy) is 3. The van der Waals surface area contributed by atoms with Gasteiger partial charge in [-0.2, -0.15) is 6.92 Å². The van der Waals surface area contributed by atoms with Crippen molar-refractivity contribution < 1.29 is 99.3 Å². The number of hydrogen-bond acceptors (Lipinski definition) is 7. The van der Waals surface area contributed by atoms with E-state index in [1.807, 2.05) is 41.5 Å². The second-order valence-electron chi connectivity index (χ2n) is 8.49. The molecule has 0 spiro atoms. The van der Waals surface area contributed by atoms with Crippen LogP contribution in [0, 0.1) is 6.92 Å². The van der Waals surface area contributed by atoms with Crippen LogP contribution >= 0.6 is 0 Å². The summed E-state index contributed by atoms with van der Waals surface area (Å²) in [6, 6.07) is 12.7. The number of allylic oxidation sites excluding steroid dienone is 1. The fourth-order valence-corrected chi connectivity index (χ4v) is 1.52. The van der Waals surface area contributed by atoms with Crippen LogP contribution in [0.4, 0.5) is 0 Å². The molecule has 4 radical (unpaired) electrons. The van der Waals surface area contributed by atoms with Crippen LogP contribution in [0.5, 0.6) is 23.0 Å². The summed E-state index contributed by atoms with van der Waals surface area (Å²) in [4.78, 5) is 9.44. The van der Waals surface area contributed by atoms with E-state index in [1.54, 1.807) is 70.7 Å². The zero-order chi connectivity index (χ0) is 38.4. The first-order valence-electron chi connectivity index (χ1n) is 16.3. The van der Waals surface area contributed by atoms with Crippen molar-refractivity contribution >= 4 is 13.8 Å². The molecule has 2 aromatic rings. The van der Waals surface area contributed by atoms with Gasteiger partial charge >= 0.3 is 8.05 Å². The second-order valence-corrected chi connectivity index (χ2v) is 8.49. The van der Waals surface area contributed by atoms with Crippen molar-refractivity contribution in [1.82, 2.24) is 0 Å². The SMILES string of the molecule is CC.CC.CC(C)=O.CCC.CCC.CCC.COC(C)Oc1ccc(O)cc1.COC=C(C)C.[B]Oc1ccc(O)cc1.[CH2-]C.[Y].[Y]. The van der Waals surface area contributed by atoms with E-state index in [1.165, 1.54) is 50.8 Å². The Labute approximate surface area is 350 Å². The number of rotatable bonds is 5. The summed E-state index contributed by atoms with van der Waals surface area (Å²) in [6.45, 7) is 34.6. The van der Waals surface area contributed by atoms with E-state index in [4.69, 9.17) is 27.7 Å². The van der Waals surface area contributed by atoms with Gasteiger partial charge in [-0.3, -0.25) is 0 Å². The third-order valence-corrected chi connectivity index (χ3v) is 2.80. The van der Waals surface area contributed by atoms with Gasteiger partial charge in [0.2, 0.25) is 0 Å². The summed E-state index contributed by atoms with van der Waals surface area (Å²) in [5.74, 6) is 1.82. The molecule has 10 heteroatoms. The minimum absolute atomic E-state index is 0. The molecule has 2 rings (SSSR count). The number of aromatic hydroxyl groups is 2. The maximum atomic E-state index is 9.44. The Bertz CT molecular complexity index is 778. The largest absolute Gasteiger partial charge is 0.568 e. The number of methoxy groups -OCH3 is 2. The number of phenolic OH excluding ortho intramolecular Hbond substituents is 2. The quantitative estimate of drug-likeness (QED) is 0.134. The smallest absolute Gasteiger partial charge is 0.374 e. The zero-order valence-electron chi connectivity index (χ0n) is 34.3. The molecule has 1 unspecified atom stereocenters. The van der Waals surface area contributed by atoms with Crippen molar-refractivity contribution in [2.45, 2.75) is 136 Å². The third kappa shape index (κ3) is 96.8. The Hall–Kier alpha value is -0.917. The molecule has 0 saturated carbocycles. The van der Waals surface area contributed by atoms with E-state index in [2.05, 4.69) is 57.9 Å². The van der Waals surface area contributed by atoms with Crippen LogP contribution in [-0.4, -0.2) is 44.6 Å². The number of ketones is 1. The summed E-state index contributed by atoms with van der Waals surface area (Å²) in [5, 5.41) is 17.7. The minimum Gasteiger partial charge on any atom is -0.568 e. The zero-order valence-corrected chi connectivity index (χ0v) is 39.9. The summed E-state index contributed by atoms with van der Waals surface area (Å²) >= 11 is 0. The topological polar surface area (TPSA) is 94.5 Å². The van der Waals surface area contributed by atoms with E-state index >= 15 is 0 Å². The van der Waals surface area contributed by atoms with E-state index < -0.39 is 0 Å². The van der Waals surface area contributed by atoms with Gasteiger partial charge in [0.1, 0.15) is 23.0 Å². The first-order valence-corrected chi connectivity index (χ1v) is 16.3. The van der Waals surface area contributed by atoms with E-state index in [0.717, 1.165) is 0 Å². The summed E-state index contributed by atoms with van der Waals surface area (Å²) in [5.41, 5.74) is 1.19. The molecule has 0 aliphatic heterocycles. The van der Waals surface area contributed by atoms with Crippen LogP contribution < -0.4 is 9.39 Å². The number of Topliss-reactive ketones (excluding diaryl/α,β-unsaturated/α-hetero) is 1. The van der Waals surface area contributed by atoms with Crippen LogP contribution in [0.15, 0.2) is 60.4 Å². The summed E-state index contributed by atoms with van der Waals surface area (Å²) < 4.78 is 19.2. The fraction of sp³-hybridized carbons (Fsp3) is 0.579. The molecule has 0 heterocycles. The molecule has 0 fully saturated rings. The van der Waals surface area contributed by atoms with E-state index in [9.17, 15) is 4.79 Å². The molecule has 7 nitrogen and oxygen atoms in total. The molecule has 1 atom stereocenters. The van der Waals surface area contributed by atoms with E-state index in [0.29, 0.717) is 11.5 Å². The van der Waals surface area contributed by atoms with Crippen LogP contribution in [0.1, 0.15) is 130 Å². The average molecular weight is 832 g/mol. The molecule has 48 heavy (non-hydrogen) atoms. The molecule has 0 saturated heterocycles. The molecule has 2 N–H and O–H groups in total. The Morgan fingerprint density at radius 2 is 0.958 bits per heavy atom. The van der Waals surface area contributed by atoms with Gasteiger partial charge in [-0.05, 0) is 88.7 Å². The van der Waals surface area contributed by atoms with Crippen LogP contribution in [0.3, 0.4) is 0 Å². The van der Waals surface area contributed by atoms with Crippen molar-refractivity contribution in [3.8, 4) is 23.0 Å². The summed E-state index contributed by atoms with van der Waals surface area (Å²) in [7, 11) is 8.04. The minimum atomic E-state index is -0.269. The number of hydrogen-bond donors (Lipinski definition) is 2. The molecule has 2 aromatic carbocycles. The standard InChI is InChI=1S/C9H12O3.C6H5BO2.C5H10O.C3H6O.3C3H8.2C2H6.C2H5.2Y/c1-7(11-2)12-9-5-3-8(10)4-6-9;7-9-6-3-1-5(8)2-4-6;1-5(2)4-6-3;1-3(2)4;3*1-3-2;3*1-2;;/h3-7,10H,1-2H3;1-4,8H;4H,1-3H3;1-2H3;3*3H2,1-2H3;2*1-2H3;1H2,2H3;;/q;;;;;;;;;-1;;. The molecule has 0 bridgehead atoms. The first-order chi connectivity index (χ1) is 21.8. The van der Waals surface area contributed by atoms with Gasteiger partial charge in [0.25, 0.3) is 0 Å². The molecule has 0 aliphatic rings. The number of phenols is 2. The Kier molecular flexibility index (Phi) is 109. The molecular formula is C38H74BO7Y2-. The van der Waals surface area contributed by atoms with Gasteiger partial charge in [0.15, 0.2) is 6.29 Å². The Morgan fingerprint density at radius 1 is 0.708 bits per heavy atom. The maximum Gasteiger partial charge on any atom is 0.374 e. The van der Waals surface area contributed by atoms with Gasteiger partial charge < -0.3 is 40.8 Å². The Balaban J connectivity index is -0.0000000451. The van der Waals surface area contributed by atoms with Crippen LogP contribution in [0.2, 0.25) is 0 Å². The van der Waals surface area contributed by atoms with Crippen molar-refractivity contribution in [3.63, 3.8) is 0 Å². The van der Waals surface area contributed by atoms with E-state index in [-0.39, 0.29) is 89.0 Å².